The fourth-order valence-electron chi connectivity index (χ4n) is 3.25. The third-order valence-electron chi connectivity index (χ3n) is 4.48. The molecule has 7 nitrogen and oxygen atoms in total. The Morgan fingerprint density at radius 1 is 1.00 bits per heavy atom. The summed E-state index contributed by atoms with van der Waals surface area (Å²) in [5, 5.41) is 5.31. The van der Waals surface area contributed by atoms with Crippen LogP contribution in [0.1, 0.15) is 43.6 Å². The molecular formula is C19H25N3O4. The van der Waals surface area contributed by atoms with Gasteiger partial charge >= 0.3 is 6.03 Å². The summed E-state index contributed by atoms with van der Waals surface area (Å²) in [6, 6.07) is 7.05. The average molecular weight is 359 g/mol. The van der Waals surface area contributed by atoms with Crippen LogP contribution in [0.3, 0.4) is 0 Å². The van der Waals surface area contributed by atoms with Gasteiger partial charge in [-0.1, -0.05) is 19.3 Å². The summed E-state index contributed by atoms with van der Waals surface area (Å²) < 4.78 is 10.7. The fourth-order valence-corrected chi connectivity index (χ4v) is 3.25. The van der Waals surface area contributed by atoms with Crippen molar-refractivity contribution in [3.05, 3.63) is 48.3 Å². The molecule has 26 heavy (non-hydrogen) atoms. The van der Waals surface area contributed by atoms with Crippen molar-refractivity contribution in [1.29, 1.82) is 0 Å². The standard InChI is InChI=1S/C19H25N3O4/c23-18(21-19(24)20-15-6-2-1-3-7-15)14-22(12-16-8-4-10-25-16)13-17-9-5-11-26-17/h4-5,8-11,15H,1-3,6-7,12-14H2,(H2,20,21,23,24). The lowest BCUT2D eigenvalue weighted by atomic mass is 9.96. The molecule has 2 aromatic rings. The Morgan fingerprint density at radius 3 is 2.15 bits per heavy atom. The van der Waals surface area contributed by atoms with E-state index in [1.165, 1.54) is 6.42 Å². The van der Waals surface area contributed by atoms with E-state index in [-0.39, 0.29) is 18.5 Å². The van der Waals surface area contributed by atoms with E-state index in [9.17, 15) is 9.59 Å². The van der Waals surface area contributed by atoms with Crippen molar-refractivity contribution in [3.63, 3.8) is 0 Å². The maximum atomic E-state index is 12.3. The quantitative estimate of drug-likeness (QED) is 0.793. The molecule has 2 N–H and O–H groups in total. The second kappa shape index (κ2) is 9.24. The van der Waals surface area contributed by atoms with Crippen LogP contribution in [0.2, 0.25) is 0 Å². The van der Waals surface area contributed by atoms with Crippen LogP contribution in [0, 0.1) is 0 Å². The van der Waals surface area contributed by atoms with Gasteiger partial charge in [-0.15, -0.1) is 0 Å². The SMILES string of the molecule is O=C(CN(Cc1ccco1)Cc1ccco1)NC(=O)NC1CCCCC1. The zero-order chi connectivity index (χ0) is 18.2. The van der Waals surface area contributed by atoms with Crippen LogP contribution < -0.4 is 10.6 Å². The molecule has 1 fully saturated rings. The molecule has 0 saturated heterocycles. The van der Waals surface area contributed by atoms with Gasteiger partial charge in [-0.2, -0.15) is 0 Å². The molecule has 3 rings (SSSR count). The van der Waals surface area contributed by atoms with E-state index >= 15 is 0 Å². The second-order valence-electron chi connectivity index (χ2n) is 6.66. The van der Waals surface area contributed by atoms with Gasteiger partial charge in [0.25, 0.3) is 0 Å². The molecule has 1 saturated carbocycles. The second-order valence-corrected chi connectivity index (χ2v) is 6.66. The summed E-state index contributed by atoms with van der Waals surface area (Å²) >= 11 is 0. The predicted octanol–water partition coefficient (Wildman–Crippen LogP) is 3.03. The van der Waals surface area contributed by atoms with E-state index in [1.54, 1.807) is 24.7 Å². The van der Waals surface area contributed by atoms with E-state index in [1.807, 2.05) is 17.0 Å². The highest BCUT2D eigenvalue weighted by Gasteiger charge is 2.19. The number of carbonyl (C=O) groups is 2. The number of rotatable bonds is 7. The van der Waals surface area contributed by atoms with Gasteiger partial charge in [0, 0.05) is 6.04 Å². The summed E-state index contributed by atoms with van der Waals surface area (Å²) in [6.07, 6.45) is 8.61. The molecule has 0 atom stereocenters. The van der Waals surface area contributed by atoms with Crippen LogP contribution in [-0.2, 0) is 17.9 Å². The van der Waals surface area contributed by atoms with Gasteiger partial charge in [0.15, 0.2) is 0 Å². The lowest BCUT2D eigenvalue weighted by molar-refractivity contribution is -0.121. The third-order valence-corrected chi connectivity index (χ3v) is 4.48. The number of furan rings is 2. The summed E-state index contributed by atoms with van der Waals surface area (Å²) in [7, 11) is 0. The zero-order valence-corrected chi connectivity index (χ0v) is 14.8. The van der Waals surface area contributed by atoms with Crippen LogP contribution in [0.5, 0.6) is 0 Å². The third kappa shape index (κ3) is 5.77. The number of hydrogen-bond acceptors (Lipinski definition) is 5. The van der Waals surface area contributed by atoms with Crippen LogP contribution >= 0.6 is 0 Å². The van der Waals surface area contributed by atoms with E-state index in [0.29, 0.717) is 13.1 Å². The lowest BCUT2D eigenvalue weighted by Crippen LogP contribution is -2.47. The maximum absolute atomic E-state index is 12.3. The van der Waals surface area contributed by atoms with Gasteiger partial charge in [-0.25, -0.2) is 4.79 Å². The average Bonchev–Trinajstić information content (AvgIpc) is 3.29. The van der Waals surface area contributed by atoms with Gasteiger partial charge in [0.2, 0.25) is 5.91 Å². The lowest BCUT2D eigenvalue weighted by Gasteiger charge is -2.23. The molecule has 0 aliphatic heterocycles. The van der Waals surface area contributed by atoms with E-state index in [0.717, 1.165) is 37.2 Å². The van der Waals surface area contributed by atoms with Gasteiger partial charge in [-0.3, -0.25) is 15.0 Å². The molecule has 2 heterocycles. The molecule has 1 aliphatic rings. The monoisotopic (exact) mass is 359 g/mol. The number of urea groups is 1. The summed E-state index contributed by atoms with van der Waals surface area (Å²) in [5.41, 5.74) is 0. The molecule has 2 aromatic heterocycles. The fraction of sp³-hybridized carbons (Fsp3) is 0.474. The van der Waals surface area contributed by atoms with Crippen LogP contribution in [0.15, 0.2) is 45.6 Å². The number of nitrogens with one attached hydrogen (secondary N) is 2. The Bertz CT molecular complexity index is 639. The zero-order valence-electron chi connectivity index (χ0n) is 14.8. The van der Waals surface area contributed by atoms with Gasteiger partial charge in [0.1, 0.15) is 11.5 Å². The molecule has 7 heteroatoms. The summed E-state index contributed by atoms with van der Waals surface area (Å²) in [6.45, 7) is 0.968. The van der Waals surface area contributed by atoms with Gasteiger partial charge < -0.3 is 14.2 Å². The first-order chi connectivity index (χ1) is 12.7. The Labute approximate surface area is 152 Å². The highest BCUT2D eigenvalue weighted by Crippen LogP contribution is 2.17. The molecule has 0 aromatic carbocycles. The Balaban J connectivity index is 1.51. The van der Waals surface area contributed by atoms with Crippen molar-refractivity contribution in [2.75, 3.05) is 6.54 Å². The smallest absolute Gasteiger partial charge is 0.321 e. The van der Waals surface area contributed by atoms with E-state index in [4.69, 9.17) is 8.83 Å². The van der Waals surface area contributed by atoms with Crippen molar-refractivity contribution in [1.82, 2.24) is 15.5 Å². The summed E-state index contributed by atoms with van der Waals surface area (Å²) in [5.74, 6) is 1.14. The van der Waals surface area contributed by atoms with Crippen LogP contribution in [0.4, 0.5) is 4.79 Å². The number of amides is 3. The van der Waals surface area contributed by atoms with Crippen molar-refractivity contribution in [3.8, 4) is 0 Å². The van der Waals surface area contributed by atoms with Crippen molar-refractivity contribution in [2.45, 2.75) is 51.2 Å². The maximum Gasteiger partial charge on any atom is 0.321 e. The minimum Gasteiger partial charge on any atom is -0.468 e. The van der Waals surface area contributed by atoms with Crippen molar-refractivity contribution < 1.29 is 18.4 Å². The van der Waals surface area contributed by atoms with Crippen molar-refractivity contribution in [2.24, 2.45) is 0 Å². The van der Waals surface area contributed by atoms with Crippen molar-refractivity contribution >= 4 is 11.9 Å². The van der Waals surface area contributed by atoms with Gasteiger partial charge in [0.05, 0.1) is 32.2 Å². The number of hydrogen-bond donors (Lipinski definition) is 2. The van der Waals surface area contributed by atoms with Crippen LogP contribution in [-0.4, -0.2) is 29.4 Å². The Kier molecular flexibility index (Phi) is 6.49. The molecule has 0 radical (unpaired) electrons. The Hall–Kier alpha value is -2.54. The Morgan fingerprint density at radius 2 is 1.62 bits per heavy atom. The normalized spacial score (nSPS) is 15.1. The first-order valence-corrected chi connectivity index (χ1v) is 9.06. The van der Waals surface area contributed by atoms with Gasteiger partial charge in [-0.05, 0) is 37.1 Å². The highest BCUT2D eigenvalue weighted by molar-refractivity contribution is 5.95. The molecule has 0 spiro atoms. The van der Waals surface area contributed by atoms with Crippen LogP contribution in [0.25, 0.3) is 0 Å². The molecule has 1 aliphatic carbocycles. The topological polar surface area (TPSA) is 87.7 Å². The number of carbonyl (C=O) groups excluding carboxylic acids is 2. The molecule has 3 amide bonds. The predicted molar refractivity (Wildman–Crippen MR) is 95.1 cm³/mol. The first kappa shape index (κ1) is 18.3. The minimum atomic E-state index is -0.419. The minimum absolute atomic E-state index is 0.0689. The molecule has 0 unspecified atom stereocenters. The molecule has 140 valence electrons. The first-order valence-electron chi connectivity index (χ1n) is 9.06. The summed E-state index contributed by atoms with van der Waals surface area (Å²) in [4.78, 5) is 26.2. The number of nitrogens with zero attached hydrogens (tertiary/aromatic N) is 1. The largest absolute Gasteiger partial charge is 0.468 e. The highest BCUT2D eigenvalue weighted by atomic mass is 16.3. The van der Waals surface area contributed by atoms with E-state index < -0.39 is 6.03 Å². The van der Waals surface area contributed by atoms with E-state index in [2.05, 4.69) is 10.6 Å². The molecular weight excluding hydrogens is 334 g/mol. The number of imide groups is 1. The molecule has 0 bridgehead atoms.